The molecule has 0 spiro atoms. The maximum absolute atomic E-state index is 11.9. The molecule has 0 aromatic heterocycles. The minimum absolute atomic E-state index is 0.163. The van der Waals surface area contributed by atoms with Crippen LogP contribution in [0.2, 0.25) is 0 Å². The van der Waals surface area contributed by atoms with Gasteiger partial charge in [-0.3, -0.25) is 4.79 Å². The summed E-state index contributed by atoms with van der Waals surface area (Å²) in [6.45, 7) is 0. The summed E-state index contributed by atoms with van der Waals surface area (Å²) < 4.78 is -0.909. The second kappa shape index (κ2) is 6.07. The highest BCUT2D eigenvalue weighted by Crippen LogP contribution is 2.53. The standard InChI is InChI=1S/C16H13Cl2N3O/c17-16(18)10-14(16)15(22)19-11-6-8-13(9-7-11)21-20-12-4-2-1-3-5-12/h1-9,14H,10H2,(H,19,22). The second-order valence-corrected chi connectivity index (χ2v) is 6.63. The van der Waals surface area contributed by atoms with Crippen molar-refractivity contribution >= 4 is 46.2 Å². The van der Waals surface area contributed by atoms with Crippen LogP contribution in [0.5, 0.6) is 0 Å². The lowest BCUT2D eigenvalue weighted by atomic mass is 10.2. The number of nitrogens with zero attached hydrogens (tertiary/aromatic N) is 2. The van der Waals surface area contributed by atoms with Gasteiger partial charge < -0.3 is 5.32 Å². The number of hydrogen-bond donors (Lipinski definition) is 1. The normalized spacial score (nSPS) is 19.1. The maximum Gasteiger partial charge on any atom is 0.230 e. The molecule has 0 saturated heterocycles. The Morgan fingerprint density at radius 2 is 1.55 bits per heavy atom. The minimum Gasteiger partial charge on any atom is -0.326 e. The van der Waals surface area contributed by atoms with Gasteiger partial charge in [0.25, 0.3) is 0 Å². The number of carbonyl (C=O) groups is 1. The number of azo groups is 1. The Hall–Kier alpha value is -1.91. The zero-order valence-corrected chi connectivity index (χ0v) is 13.1. The van der Waals surface area contributed by atoms with Crippen molar-refractivity contribution in [3.63, 3.8) is 0 Å². The van der Waals surface area contributed by atoms with Crippen LogP contribution in [0.3, 0.4) is 0 Å². The predicted molar refractivity (Wildman–Crippen MR) is 88.2 cm³/mol. The lowest BCUT2D eigenvalue weighted by Crippen LogP contribution is -2.16. The summed E-state index contributed by atoms with van der Waals surface area (Å²) in [4.78, 5) is 11.9. The third-order valence-corrected chi connectivity index (χ3v) is 4.15. The zero-order chi connectivity index (χ0) is 15.6. The molecule has 1 aliphatic carbocycles. The van der Waals surface area contributed by atoms with E-state index in [-0.39, 0.29) is 11.8 Å². The third kappa shape index (κ3) is 3.64. The molecule has 1 amide bonds. The molecule has 1 N–H and O–H groups in total. The highest BCUT2D eigenvalue weighted by Gasteiger charge is 2.56. The van der Waals surface area contributed by atoms with Crippen molar-refractivity contribution in [2.24, 2.45) is 16.1 Å². The van der Waals surface area contributed by atoms with Crippen molar-refractivity contribution in [2.75, 3.05) is 5.32 Å². The number of anilines is 1. The van der Waals surface area contributed by atoms with Gasteiger partial charge in [0, 0.05) is 5.69 Å². The molecule has 1 fully saturated rings. The Labute approximate surface area is 138 Å². The first-order valence-electron chi connectivity index (χ1n) is 6.80. The number of halogens is 2. The fourth-order valence-electron chi connectivity index (χ4n) is 1.95. The van der Waals surface area contributed by atoms with Gasteiger partial charge in [-0.25, -0.2) is 0 Å². The summed E-state index contributed by atoms with van der Waals surface area (Å²) in [6, 6.07) is 16.6. The SMILES string of the molecule is O=C(Nc1ccc(N=Nc2ccccc2)cc1)C1CC1(Cl)Cl. The van der Waals surface area contributed by atoms with E-state index in [1.807, 2.05) is 30.3 Å². The number of nitrogens with one attached hydrogen (secondary N) is 1. The summed E-state index contributed by atoms with van der Waals surface area (Å²) in [7, 11) is 0. The van der Waals surface area contributed by atoms with E-state index in [4.69, 9.17) is 23.2 Å². The Morgan fingerprint density at radius 1 is 1.00 bits per heavy atom. The summed E-state index contributed by atoms with van der Waals surface area (Å²) in [5, 5.41) is 11.0. The van der Waals surface area contributed by atoms with Crippen LogP contribution in [0, 0.1) is 5.92 Å². The largest absolute Gasteiger partial charge is 0.326 e. The number of hydrogen-bond acceptors (Lipinski definition) is 3. The smallest absolute Gasteiger partial charge is 0.230 e. The average Bonchev–Trinajstić information content (AvgIpc) is 3.17. The van der Waals surface area contributed by atoms with Crippen molar-refractivity contribution in [3.05, 3.63) is 54.6 Å². The van der Waals surface area contributed by atoms with Crippen molar-refractivity contribution in [1.82, 2.24) is 0 Å². The molecule has 3 rings (SSSR count). The molecule has 0 aliphatic heterocycles. The molecular formula is C16H13Cl2N3O. The number of alkyl halides is 2. The van der Waals surface area contributed by atoms with Crippen LogP contribution in [0.25, 0.3) is 0 Å². The van der Waals surface area contributed by atoms with E-state index in [9.17, 15) is 4.79 Å². The topological polar surface area (TPSA) is 53.8 Å². The highest BCUT2D eigenvalue weighted by molar-refractivity contribution is 6.52. The minimum atomic E-state index is -0.909. The average molecular weight is 334 g/mol. The number of amides is 1. The summed E-state index contributed by atoms with van der Waals surface area (Å²) >= 11 is 11.7. The van der Waals surface area contributed by atoms with E-state index < -0.39 is 4.33 Å². The maximum atomic E-state index is 11.9. The van der Waals surface area contributed by atoms with Gasteiger partial charge in [-0.2, -0.15) is 10.2 Å². The van der Waals surface area contributed by atoms with E-state index in [1.165, 1.54) is 0 Å². The fraction of sp³-hybridized carbons (Fsp3) is 0.188. The van der Waals surface area contributed by atoms with Gasteiger partial charge in [0.2, 0.25) is 5.91 Å². The molecule has 0 bridgehead atoms. The number of carbonyl (C=O) groups excluding carboxylic acids is 1. The van der Waals surface area contributed by atoms with Gasteiger partial charge in [0.05, 0.1) is 17.3 Å². The van der Waals surface area contributed by atoms with E-state index in [0.717, 1.165) is 5.69 Å². The molecule has 1 aliphatic rings. The Morgan fingerprint density at radius 3 is 2.09 bits per heavy atom. The van der Waals surface area contributed by atoms with Crippen molar-refractivity contribution in [2.45, 2.75) is 10.8 Å². The van der Waals surface area contributed by atoms with Gasteiger partial charge in [0.1, 0.15) is 4.33 Å². The first kappa shape index (κ1) is 15.0. The van der Waals surface area contributed by atoms with E-state index >= 15 is 0 Å². The van der Waals surface area contributed by atoms with Crippen LogP contribution in [0.4, 0.5) is 17.1 Å². The summed E-state index contributed by atoms with van der Waals surface area (Å²) in [5.41, 5.74) is 2.17. The lowest BCUT2D eigenvalue weighted by Gasteiger charge is -2.05. The predicted octanol–water partition coefficient (Wildman–Crippen LogP) is 5.23. The molecule has 1 atom stereocenters. The monoisotopic (exact) mass is 333 g/mol. The Kier molecular flexibility index (Phi) is 4.14. The van der Waals surface area contributed by atoms with Gasteiger partial charge in [-0.15, -0.1) is 23.2 Å². The first-order valence-corrected chi connectivity index (χ1v) is 7.56. The summed E-state index contributed by atoms with van der Waals surface area (Å²) in [5.74, 6) is -0.503. The molecular weight excluding hydrogens is 321 g/mol. The highest BCUT2D eigenvalue weighted by atomic mass is 35.5. The van der Waals surface area contributed by atoms with Crippen molar-refractivity contribution in [3.8, 4) is 0 Å². The first-order chi connectivity index (χ1) is 10.5. The van der Waals surface area contributed by atoms with Crippen LogP contribution in [0.15, 0.2) is 64.8 Å². The molecule has 22 heavy (non-hydrogen) atoms. The van der Waals surface area contributed by atoms with Crippen molar-refractivity contribution in [1.29, 1.82) is 0 Å². The molecule has 112 valence electrons. The Balaban J connectivity index is 1.61. The van der Waals surface area contributed by atoms with Crippen LogP contribution in [-0.4, -0.2) is 10.2 Å². The van der Waals surface area contributed by atoms with Gasteiger partial charge in [-0.1, -0.05) is 18.2 Å². The quantitative estimate of drug-likeness (QED) is 0.604. The van der Waals surface area contributed by atoms with Crippen molar-refractivity contribution < 1.29 is 4.79 Å². The van der Waals surface area contributed by atoms with Gasteiger partial charge in [0.15, 0.2) is 0 Å². The molecule has 0 radical (unpaired) electrons. The fourth-order valence-corrected chi connectivity index (χ4v) is 2.46. The Bertz CT molecular complexity index is 699. The molecule has 1 saturated carbocycles. The van der Waals surface area contributed by atoms with Gasteiger partial charge in [-0.05, 0) is 42.8 Å². The van der Waals surface area contributed by atoms with Crippen LogP contribution in [0.1, 0.15) is 6.42 Å². The zero-order valence-electron chi connectivity index (χ0n) is 11.5. The third-order valence-electron chi connectivity index (χ3n) is 3.31. The molecule has 2 aromatic rings. The van der Waals surface area contributed by atoms with Gasteiger partial charge >= 0.3 is 0 Å². The molecule has 2 aromatic carbocycles. The van der Waals surface area contributed by atoms with E-state index in [0.29, 0.717) is 17.8 Å². The number of rotatable bonds is 4. The molecule has 6 heteroatoms. The lowest BCUT2D eigenvalue weighted by molar-refractivity contribution is -0.117. The second-order valence-electron chi connectivity index (χ2n) is 5.09. The molecule has 1 unspecified atom stereocenters. The number of benzene rings is 2. The van der Waals surface area contributed by atoms with E-state index in [1.54, 1.807) is 24.3 Å². The molecule has 4 nitrogen and oxygen atoms in total. The van der Waals surface area contributed by atoms with Crippen LogP contribution in [-0.2, 0) is 4.79 Å². The van der Waals surface area contributed by atoms with Crippen LogP contribution >= 0.6 is 23.2 Å². The van der Waals surface area contributed by atoms with Crippen LogP contribution < -0.4 is 5.32 Å². The van der Waals surface area contributed by atoms with E-state index in [2.05, 4.69) is 15.5 Å². The summed E-state index contributed by atoms with van der Waals surface area (Å²) in [6.07, 6.45) is 0.491. The molecule has 0 heterocycles.